The van der Waals surface area contributed by atoms with E-state index in [9.17, 15) is 4.79 Å². The van der Waals surface area contributed by atoms with Crippen molar-refractivity contribution in [3.63, 3.8) is 0 Å². The van der Waals surface area contributed by atoms with Crippen molar-refractivity contribution in [3.8, 4) is 11.1 Å². The number of rotatable bonds is 8. The number of primary amides is 1. The molecule has 0 fully saturated rings. The smallest absolute Gasteiger partial charge is 0.271 e. The standard InChI is InChI=1S/C16H21N5O2/c17-15(22)14-13(11-7-3-1-4-8-11)12(23-21-14)9-5-2-6-10-20-16(18)19/h1,3-4,7-8H,2,5-6,9-10H2,(H2,17,22)(H4,18,19,20). The van der Waals surface area contributed by atoms with Gasteiger partial charge < -0.3 is 21.7 Å². The molecule has 0 atom stereocenters. The van der Waals surface area contributed by atoms with Crippen molar-refractivity contribution in [1.82, 2.24) is 5.16 Å². The Bertz CT molecular complexity index is 675. The predicted octanol–water partition coefficient (Wildman–Crippen LogP) is 1.43. The van der Waals surface area contributed by atoms with E-state index in [-0.39, 0.29) is 11.7 Å². The lowest BCUT2D eigenvalue weighted by Gasteiger charge is -2.03. The molecular weight excluding hydrogens is 294 g/mol. The van der Waals surface area contributed by atoms with Gasteiger partial charge in [-0.3, -0.25) is 9.79 Å². The Balaban J connectivity index is 2.05. The van der Waals surface area contributed by atoms with Crippen LogP contribution in [0.4, 0.5) is 0 Å². The Kier molecular flexibility index (Phi) is 5.74. The van der Waals surface area contributed by atoms with Crippen molar-refractivity contribution < 1.29 is 9.32 Å². The van der Waals surface area contributed by atoms with E-state index >= 15 is 0 Å². The van der Waals surface area contributed by atoms with Crippen LogP contribution in [0.3, 0.4) is 0 Å². The summed E-state index contributed by atoms with van der Waals surface area (Å²) in [5.41, 5.74) is 17.7. The van der Waals surface area contributed by atoms with Gasteiger partial charge in [0, 0.05) is 13.0 Å². The molecule has 1 heterocycles. The third-order valence-corrected chi connectivity index (χ3v) is 3.41. The Morgan fingerprint density at radius 2 is 1.83 bits per heavy atom. The number of aromatic nitrogens is 1. The van der Waals surface area contributed by atoms with Gasteiger partial charge in [0.1, 0.15) is 5.76 Å². The van der Waals surface area contributed by atoms with Crippen LogP contribution < -0.4 is 17.2 Å². The highest BCUT2D eigenvalue weighted by Crippen LogP contribution is 2.28. The summed E-state index contributed by atoms with van der Waals surface area (Å²) in [6.07, 6.45) is 3.38. The number of unbranched alkanes of at least 4 members (excludes halogenated alkanes) is 2. The molecule has 6 N–H and O–H groups in total. The summed E-state index contributed by atoms with van der Waals surface area (Å²) in [5.74, 6) is 0.191. The predicted molar refractivity (Wildman–Crippen MR) is 88.7 cm³/mol. The van der Waals surface area contributed by atoms with E-state index in [1.165, 1.54) is 0 Å². The van der Waals surface area contributed by atoms with Gasteiger partial charge in [-0.1, -0.05) is 41.9 Å². The van der Waals surface area contributed by atoms with E-state index in [0.717, 1.165) is 24.8 Å². The maximum atomic E-state index is 11.5. The zero-order valence-electron chi connectivity index (χ0n) is 12.9. The molecule has 0 aliphatic rings. The van der Waals surface area contributed by atoms with Crippen LogP contribution in [0.5, 0.6) is 0 Å². The first-order chi connectivity index (χ1) is 11.1. The summed E-state index contributed by atoms with van der Waals surface area (Å²) in [6, 6.07) is 9.50. The number of hydrogen-bond acceptors (Lipinski definition) is 4. The van der Waals surface area contributed by atoms with Crippen molar-refractivity contribution in [1.29, 1.82) is 0 Å². The van der Waals surface area contributed by atoms with E-state index in [1.54, 1.807) is 0 Å². The molecule has 122 valence electrons. The van der Waals surface area contributed by atoms with Crippen molar-refractivity contribution >= 4 is 11.9 Å². The summed E-state index contributed by atoms with van der Waals surface area (Å²) in [6.45, 7) is 0.608. The topological polar surface area (TPSA) is 134 Å². The number of aliphatic imine (C=N–C) groups is 1. The molecule has 0 saturated heterocycles. The highest BCUT2D eigenvalue weighted by Gasteiger charge is 2.20. The third-order valence-electron chi connectivity index (χ3n) is 3.41. The molecule has 0 bridgehead atoms. The molecule has 0 aliphatic heterocycles. The van der Waals surface area contributed by atoms with Crippen LogP contribution in [-0.4, -0.2) is 23.6 Å². The minimum absolute atomic E-state index is 0.109. The lowest BCUT2D eigenvalue weighted by Crippen LogP contribution is -2.22. The number of benzene rings is 1. The van der Waals surface area contributed by atoms with Crippen molar-refractivity contribution in [3.05, 3.63) is 41.8 Å². The molecule has 2 rings (SSSR count). The quantitative estimate of drug-likeness (QED) is 0.385. The van der Waals surface area contributed by atoms with E-state index < -0.39 is 5.91 Å². The van der Waals surface area contributed by atoms with E-state index in [1.807, 2.05) is 30.3 Å². The molecule has 0 aliphatic carbocycles. The van der Waals surface area contributed by atoms with Gasteiger partial charge in [0.25, 0.3) is 5.91 Å². The number of nitrogens with zero attached hydrogens (tertiary/aromatic N) is 2. The van der Waals surface area contributed by atoms with Crippen LogP contribution in [0.25, 0.3) is 11.1 Å². The van der Waals surface area contributed by atoms with Gasteiger partial charge in [-0.2, -0.15) is 0 Å². The number of nitrogens with two attached hydrogens (primary N) is 3. The third kappa shape index (κ3) is 4.57. The molecule has 0 unspecified atom stereocenters. The molecule has 0 radical (unpaired) electrons. The number of aryl methyl sites for hydroxylation is 1. The van der Waals surface area contributed by atoms with Crippen LogP contribution in [0.15, 0.2) is 39.8 Å². The fourth-order valence-corrected chi connectivity index (χ4v) is 2.35. The van der Waals surface area contributed by atoms with Gasteiger partial charge in [-0.25, -0.2) is 0 Å². The molecule has 0 saturated carbocycles. The van der Waals surface area contributed by atoms with Crippen LogP contribution in [0.1, 0.15) is 35.5 Å². The lowest BCUT2D eigenvalue weighted by molar-refractivity contribution is 0.0992. The molecule has 2 aromatic rings. The van der Waals surface area contributed by atoms with Gasteiger partial charge in [0.2, 0.25) is 0 Å². The second-order valence-electron chi connectivity index (χ2n) is 5.18. The van der Waals surface area contributed by atoms with Gasteiger partial charge in [0.05, 0.1) is 5.56 Å². The SMILES string of the molecule is NC(=O)c1noc(CCCCCN=C(N)N)c1-c1ccccc1. The maximum Gasteiger partial charge on any atom is 0.271 e. The van der Waals surface area contributed by atoms with Crippen LogP contribution >= 0.6 is 0 Å². The van der Waals surface area contributed by atoms with Gasteiger partial charge in [-0.15, -0.1) is 0 Å². The Morgan fingerprint density at radius 3 is 2.48 bits per heavy atom. The molecular formula is C16H21N5O2. The molecule has 23 heavy (non-hydrogen) atoms. The zero-order chi connectivity index (χ0) is 16.7. The summed E-state index contributed by atoms with van der Waals surface area (Å²) >= 11 is 0. The highest BCUT2D eigenvalue weighted by atomic mass is 16.5. The van der Waals surface area contributed by atoms with Crippen LogP contribution in [0.2, 0.25) is 0 Å². The fraction of sp³-hybridized carbons (Fsp3) is 0.312. The minimum atomic E-state index is -0.591. The molecule has 7 nitrogen and oxygen atoms in total. The second-order valence-corrected chi connectivity index (χ2v) is 5.18. The fourth-order valence-electron chi connectivity index (χ4n) is 2.35. The maximum absolute atomic E-state index is 11.5. The first-order valence-electron chi connectivity index (χ1n) is 7.48. The Labute approximate surface area is 134 Å². The van der Waals surface area contributed by atoms with Crippen LogP contribution in [-0.2, 0) is 6.42 Å². The van der Waals surface area contributed by atoms with Crippen molar-refractivity contribution in [2.75, 3.05) is 6.54 Å². The van der Waals surface area contributed by atoms with E-state index in [4.69, 9.17) is 21.7 Å². The molecule has 0 spiro atoms. The van der Waals surface area contributed by atoms with Crippen molar-refractivity contribution in [2.24, 2.45) is 22.2 Å². The van der Waals surface area contributed by atoms with Gasteiger partial charge in [0.15, 0.2) is 11.7 Å². The first-order valence-corrected chi connectivity index (χ1v) is 7.48. The number of carbonyl (C=O) groups excluding carboxylic acids is 1. The van der Waals surface area contributed by atoms with Gasteiger partial charge >= 0.3 is 0 Å². The molecule has 1 aromatic heterocycles. The Morgan fingerprint density at radius 1 is 1.09 bits per heavy atom. The summed E-state index contributed by atoms with van der Waals surface area (Å²) in [7, 11) is 0. The molecule has 1 amide bonds. The van der Waals surface area contributed by atoms with E-state index in [2.05, 4.69) is 10.1 Å². The number of carbonyl (C=O) groups is 1. The van der Waals surface area contributed by atoms with Gasteiger partial charge in [-0.05, 0) is 18.4 Å². The number of guanidine groups is 1. The average molecular weight is 315 g/mol. The first kappa shape index (κ1) is 16.5. The van der Waals surface area contributed by atoms with Crippen LogP contribution in [0, 0.1) is 0 Å². The average Bonchev–Trinajstić information content (AvgIpc) is 2.95. The lowest BCUT2D eigenvalue weighted by atomic mass is 10.00. The summed E-state index contributed by atoms with van der Waals surface area (Å²) in [4.78, 5) is 15.5. The summed E-state index contributed by atoms with van der Waals surface area (Å²) in [5, 5.41) is 3.83. The zero-order valence-corrected chi connectivity index (χ0v) is 12.9. The normalized spacial score (nSPS) is 10.4. The molecule has 7 heteroatoms. The minimum Gasteiger partial charge on any atom is -0.370 e. The monoisotopic (exact) mass is 315 g/mol. The van der Waals surface area contributed by atoms with Crippen molar-refractivity contribution in [2.45, 2.75) is 25.7 Å². The second kappa shape index (κ2) is 7.98. The van der Waals surface area contributed by atoms with E-state index in [0.29, 0.717) is 24.3 Å². The Hall–Kier alpha value is -2.83. The summed E-state index contributed by atoms with van der Waals surface area (Å²) < 4.78 is 5.34. The largest absolute Gasteiger partial charge is 0.370 e. The number of amides is 1. The molecule has 1 aromatic carbocycles. The highest BCUT2D eigenvalue weighted by molar-refractivity contribution is 5.98. The number of hydrogen-bond donors (Lipinski definition) is 3.